The largest absolute Gasteiger partial charge is 0.310 e. The van der Waals surface area contributed by atoms with Gasteiger partial charge in [0.15, 0.2) is 0 Å². The summed E-state index contributed by atoms with van der Waals surface area (Å²) in [6.07, 6.45) is 0. The number of para-hydroxylation sites is 4. The second-order valence-electron chi connectivity index (χ2n) is 27.9. The maximum Gasteiger partial charge on any atom is 0.0553 e. The van der Waals surface area contributed by atoms with Gasteiger partial charge in [-0.15, -0.1) is 0 Å². The van der Waals surface area contributed by atoms with Crippen molar-refractivity contribution in [3.63, 3.8) is 0 Å². The summed E-state index contributed by atoms with van der Waals surface area (Å²) in [4.78, 5) is 4.71. The highest BCUT2D eigenvalue weighted by atomic mass is 15.1. The van der Waals surface area contributed by atoms with Crippen molar-refractivity contribution in [3.8, 4) is 47.4 Å². The molecule has 100 heavy (non-hydrogen) atoms. The predicted molar refractivity (Wildman–Crippen MR) is 426 cm³/mol. The fourth-order valence-corrected chi connectivity index (χ4v) is 14.0. The molecule has 0 fully saturated rings. The molecule has 0 aliphatic carbocycles. The minimum atomic E-state index is 0.0868. The molecule has 0 aromatic heterocycles. The van der Waals surface area contributed by atoms with Gasteiger partial charge in [0.25, 0.3) is 0 Å². The molecule has 0 aliphatic rings. The van der Waals surface area contributed by atoms with Crippen LogP contribution in [0.4, 0.5) is 34.1 Å². The van der Waals surface area contributed by atoms with Crippen molar-refractivity contribution in [3.05, 3.63) is 370 Å². The van der Waals surface area contributed by atoms with Gasteiger partial charge in [0.2, 0.25) is 0 Å². The molecule has 0 amide bonds. The highest BCUT2D eigenvalue weighted by Gasteiger charge is 2.25. The topological polar surface area (TPSA) is 6.48 Å². The number of anilines is 6. The molecule has 2 nitrogen and oxygen atoms in total. The lowest BCUT2D eigenvalue weighted by Gasteiger charge is -2.28. The maximum absolute atomic E-state index is 3.66. The van der Waals surface area contributed by atoms with E-state index < -0.39 is 0 Å². The zero-order valence-corrected chi connectivity index (χ0v) is 57.8. The third kappa shape index (κ3) is 12.7. The standard InChI is InChI=1S/C53H45N.C45H29N/c1-36-34-39(24-18-37-20-26-41(27-21-37)52(2,3)4)46-32-33-48-49(54(43-14-10-8-11-15-43)44-16-12-9-13-17-44)35-40(47-31-30-45(36)50(46)51(47)48)25-19-38-22-28-42(29-23-38)53(5,6)7;1-32-30-35(24-22-33-14-6-2-7-15-33)40-28-29-42-43(46(37-18-10-4-11-19-37)38-20-12-5-13-21-38)31-36(25-23-34-16-8-3-9-17-34)41-27-26-39(32)44(40)45(41)42/h8-17,20-23,26-35H,1-7H3;2-21,26-31H,1H3. The van der Waals surface area contributed by atoms with E-state index in [0.717, 1.165) is 100 Å². The fourth-order valence-electron chi connectivity index (χ4n) is 14.0. The lowest BCUT2D eigenvalue weighted by atomic mass is 9.86. The van der Waals surface area contributed by atoms with Crippen molar-refractivity contribution >= 4 is 98.8 Å². The molecule has 0 unspecified atom stereocenters. The van der Waals surface area contributed by atoms with Crippen LogP contribution in [0.5, 0.6) is 0 Å². The zero-order chi connectivity index (χ0) is 68.5. The van der Waals surface area contributed by atoms with Gasteiger partial charge in [0, 0.05) is 88.8 Å². The second-order valence-corrected chi connectivity index (χ2v) is 27.9. The molecule has 0 atom stereocenters. The molecule has 0 saturated heterocycles. The molecule has 476 valence electrons. The van der Waals surface area contributed by atoms with Crippen LogP contribution in [0.3, 0.4) is 0 Å². The van der Waals surface area contributed by atoms with E-state index in [-0.39, 0.29) is 10.8 Å². The fraction of sp³-hybridized carbons (Fsp3) is 0.102. The third-order valence-electron chi connectivity index (χ3n) is 19.1. The number of aryl methyl sites for hydroxylation is 2. The Morgan fingerprint density at radius 1 is 0.220 bits per heavy atom. The Morgan fingerprint density at radius 2 is 0.450 bits per heavy atom. The van der Waals surface area contributed by atoms with E-state index in [1.54, 1.807) is 0 Å². The number of hydrogen-bond donors (Lipinski definition) is 0. The maximum atomic E-state index is 3.66. The smallest absolute Gasteiger partial charge is 0.0553 e. The second kappa shape index (κ2) is 26.8. The molecule has 16 aromatic carbocycles. The van der Waals surface area contributed by atoms with Crippen LogP contribution < -0.4 is 9.80 Å². The summed E-state index contributed by atoms with van der Waals surface area (Å²) in [5.41, 5.74) is 19.9. The molecular weight excluding hydrogens is 1210 g/mol. The third-order valence-corrected chi connectivity index (χ3v) is 19.1. The first-order valence-corrected chi connectivity index (χ1v) is 34.4. The Labute approximate surface area is 588 Å². The SMILES string of the molecule is Cc1cc(C#Cc2ccc(C(C)(C)C)cc2)c2ccc3c(N(c4ccccc4)c4ccccc4)cc(C#Cc4ccc(C(C)(C)C)cc4)c4ccc1c2c43.Cc1cc(C#Cc2ccccc2)c2ccc3c(N(c4ccccc4)c4ccccc4)cc(C#Cc4ccccc4)c4ccc1c2c43. The van der Waals surface area contributed by atoms with E-state index in [9.17, 15) is 0 Å². The summed E-state index contributed by atoms with van der Waals surface area (Å²) < 4.78 is 0. The minimum absolute atomic E-state index is 0.0868. The summed E-state index contributed by atoms with van der Waals surface area (Å²) in [7, 11) is 0. The van der Waals surface area contributed by atoms with E-state index in [0.29, 0.717) is 0 Å². The van der Waals surface area contributed by atoms with E-state index >= 15 is 0 Å². The van der Waals surface area contributed by atoms with Gasteiger partial charge >= 0.3 is 0 Å². The zero-order valence-electron chi connectivity index (χ0n) is 57.8. The highest BCUT2D eigenvalue weighted by molar-refractivity contribution is 6.29. The van der Waals surface area contributed by atoms with Crippen molar-refractivity contribution in [2.24, 2.45) is 0 Å². The van der Waals surface area contributed by atoms with Crippen molar-refractivity contribution in [1.29, 1.82) is 0 Å². The van der Waals surface area contributed by atoms with E-state index in [1.807, 2.05) is 36.4 Å². The summed E-state index contributed by atoms with van der Waals surface area (Å²) in [6, 6.07) is 107. The van der Waals surface area contributed by atoms with Crippen LogP contribution in [0, 0.1) is 61.2 Å². The van der Waals surface area contributed by atoms with Gasteiger partial charge in [-0.25, -0.2) is 0 Å². The normalized spacial score (nSPS) is 11.3. The Balaban J connectivity index is 0.000000164. The van der Waals surface area contributed by atoms with Gasteiger partial charge in [-0.2, -0.15) is 0 Å². The monoisotopic (exact) mass is 1280 g/mol. The Morgan fingerprint density at radius 3 is 0.730 bits per heavy atom. The molecule has 16 rings (SSSR count). The number of nitrogens with zero attached hydrogens (tertiary/aromatic N) is 2. The summed E-state index contributed by atoms with van der Waals surface area (Å²) in [5.74, 6) is 28.2. The van der Waals surface area contributed by atoms with Crippen LogP contribution in [0.1, 0.15) is 108 Å². The molecular formula is C98H74N2. The van der Waals surface area contributed by atoms with Crippen molar-refractivity contribution in [2.75, 3.05) is 9.80 Å². The average molecular weight is 1280 g/mol. The molecule has 0 radical (unpaired) electrons. The molecule has 2 heteroatoms. The molecule has 0 bridgehead atoms. The quantitative estimate of drug-likeness (QED) is 0.121. The average Bonchev–Trinajstić information content (AvgIpc) is 0.721. The van der Waals surface area contributed by atoms with Crippen molar-refractivity contribution in [2.45, 2.75) is 66.2 Å². The molecule has 0 spiro atoms. The van der Waals surface area contributed by atoms with Crippen LogP contribution in [0.15, 0.2) is 303 Å². The lowest BCUT2D eigenvalue weighted by Crippen LogP contribution is -2.11. The first kappa shape index (κ1) is 63.5. The molecule has 0 N–H and O–H groups in total. The van der Waals surface area contributed by atoms with Gasteiger partial charge in [0.1, 0.15) is 0 Å². The van der Waals surface area contributed by atoms with Gasteiger partial charge in [-0.05, 0) is 211 Å². The lowest BCUT2D eigenvalue weighted by molar-refractivity contribution is 0.590. The molecule has 0 heterocycles. The number of hydrogen-bond acceptors (Lipinski definition) is 2. The number of benzene rings is 16. The van der Waals surface area contributed by atoms with Gasteiger partial charge < -0.3 is 9.80 Å². The van der Waals surface area contributed by atoms with Crippen LogP contribution in [-0.2, 0) is 10.8 Å². The summed E-state index contributed by atoms with van der Waals surface area (Å²) in [6.45, 7) is 17.9. The molecule has 0 aliphatic heterocycles. The Kier molecular flexibility index (Phi) is 17.0. The van der Waals surface area contributed by atoms with E-state index in [1.165, 1.54) is 65.3 Å². The Bertz CT molecular complexity index is 5880. The summed E-state index contributed by atoms with van der Waals surface area (Å²) in [5, 5.41) is 14.3. The first-order valence-electron chi connectivity index (χ1n) is 34.4. The molecule has 16 aromatic rings. The van der Waals surface area contributed by atoms with Crippen LogP contribution in [0.25, 0.3) is 64.6 Å². The van der Waals surface area contributed by atoms with Gasteiger partial charge in [-0.3, -0.25) is 0 Å². The van der Waals surface area contributed by atoms with Crippen LogP contribution >= 0.6 is 0 Å². The van der Waals surface area contributed by atoms with Crippen molar-refractivity contribution in [1.82, 2.24) is 0 Å². The molecule has 0 saturated carbocycles. The van der Waals surface area contributed by atoms with E-state index in [2.05, 4.69) is 379 Å². The predicted octanol–water partition coefficient (Wildman–Crippen LogP) is 24.9. The van der Waals surface area contributed by atoms with Crippen molar-refractivity contribution < 1.29 is 0 Å². The summed E-state index contributed by atoms with van der Waals surface area (Å²) >= 11 is 0. The van der Waals surface area contributed by atoms with Gasteiger partial charge in [0.05, 0.1) is 11.4 Å². The van der Waals surface area contributed by atoms with Gasteiger partial charge in [-0.1, -0.05) is 271 Å². The van der Waals surface area contributed by atoms with E-state index in [4.69, 9.17) is 0 Å². The highest BCUT2D eigenvalue weighted by Crippen LogP contribution is 2.49. The minimum Gasteiger partial charge on any atom is -0.310 e. The first-order chi connectivity index (χ1) is 48.7. The number of rotatable bonds is 6. The van der Waals surface area contributed by atoms with Crippen LogP contribution in [-0.4, -0.2) is 0 Å². The Hall–Kier alpha value is -12.6. The van der Waals surface area contributed by atoms with Crippen LogP contribution in [0.2, 0.25) is 0 Å².